The van der Waals surface area contributed by atoms with E-state index in [2.05, 4.69) is 20.2 Å². The van der Waals surface area contributed by atoms with E-state index in [9.17, 15) is 19.2 Å². The number of β-lactam (4-membered cyclic amide) rings is 1. The van der Waals surface area contributed by atoms with E-state index in [0.29, 0.717) is 5.75 Å². The number of hydrogen-bond donors (Lipinski definition) is 2. The van der Waals surface area contributed by atoms with Crippen molar-refractivity contribution in [3.63, 3.8) is 0 Å². The Morgan fingerprint density at radius 2 is 2.06 bits per heavy atom. The van der Waals surface area contributed by atoms with Crippen LogP contribution in [-0.4, -0.2) is 76.2 Å². The summed E-state index contributed by atoms with van der Waals surface area (Å²) in [5.74, 6) is -1.47. The Kier molecular flexibility index (Phi) is 9.14. The van der Waals surface area contributed by atoms with Gasteiger partial charge in [-0.2, -0.15) is 0 Å². The third-order valence-electron chi connectivity index (χ3n) is 4.68. The molecule has 2 unspecified atom stereocenters. The molecule has 0 aliphatic carbocycles. The van der Waals surface area contributed by atoms with Crippen LogP contribution in [0.2, 0.25) is 0 Å². The summed E-state index contributed by atoms with van der Waals surface area (Å²) in [6, 6.07) is -0.918. The number of nitrogens with two attached hydrogens (primary N) is 1. The second kappa shape index (κ2) is 12.1. The van der Waals surface area contributed by atoms with Gasteiger partial charge in [-0.3, -0.25) is 14.5 Å². The third kappa shape index (κ3) is 6.46. The zero-order valence-corrected chi connectivity index (χ0v) is 21.7. The number of nitrogens with zero attached hydrogens (tertiary/aromatic N) is 3. The Morgan fingerprint density at radius 3 is 2.69 bits per heavy atom. The number of ether oxygens (including phenoxy) is 3. The van der Waals surface area contributed by atoms with Gasteiger partial charge >= 0.3 is 12.1 Å². The van der Waals surface area contributed by atoms with Crippen molar-refractivity contribution >= 4 is 57.9 Å². The first-order chi connectivity index (χ1) is 17.1. The smallest absolute Gasteiger partial charge is 0.435 e. The molecule has 0 bridgehead atoms. The lowest BCUT2D eigenvalue weighted by atomic mass is 10.0. The molecule has 1 aromatic heterocycles. The van der Waals surface area contributed by atoms with Crippen LogP contribution in [0, 0.1) is 5.92 Å². The normalized spacial score (nSPS) is 20.0. The van der Waals surface area contributed by atoms with E-state index in [1.165, 1.54) is 29.7 Å². The van der Waals surface area contributed by atoms with Gasteiger partial charge in [0.2, 0.25) is 6.29 Å². The van der Waals surface area contributed by atoms with Crippen LogP contribution in [0.3, 0.4) is 0 Å². The molecule has 1 saturated heterocycles. The van der Waals surface area contributed by atoms with Crippen molar-refractivity contribution in [1.29, 1.82) is 0 Å². The lowest BCUT2D eigenvalue weighted by molar-refractivity contribution is -0.168. The number of thiazole rings is 1. The number of oxime groups is 1. The van der Waals surface area contributed by atoms with E-state index in [0.717, 1.165) is 11.3 Å². The molecule has 2 aliphatic heterocycles. The van der Waals surface area contributed by atoms with E-state index in [1.54, 1.807) is 12.3 Å². The number of rotatable bonds is 10. The Labute approximate surface area is 215 Å². The molecular formula is C21H27N5O8S2. The molecule has 1 fully saturated rings. The minimum Gasteiger partial charge on any atom is -0.435 e. The Balaban J connectivity index is 1.65. The molecule has 0 radical (unpaired) electrons. The van der Waals surface area contributed by atoms with Crippen molar-refractivity contribution in [2.75, 3.05) is 24.7 Å². The maximum atomic E-state index is 13.0. The van der Waals surface area contributed by atoms with Crippen molar-refractivity contribution < 1.29 is 38.2 Å². The summed E-state index contributed by atoms with van der Waals surface area (Å²) in [4.78, 5) is 60.5. The van der Waals surface area contributed by atoms with Gasteiger partial charge < -0.3 is 30.1 Å². The average molecular weight is 542 g/mol. The Morgan fingerprint density at radius 1 is 1.31 bits per heavy atom. The van der Waals surface area contributed by atoms with Crippen LogP contribution < -0.4 is 11.1 Å². The Hall–Kier alpha value is -3.33. The van der Waals surface area contributed by atoms with E-state index in [1.807, 2.05) is 13.8 Å². The number of aromatic nitrogens is 1. The van der Waals surface area contributed by atoms with Crippen LogP contribution in [0.4, 0.5) is 9.93 Å². The fourth-order valence-corrected chi connectivity index (χ4v) is 4.86. The lowest BCUT2D eigenvalue weighted by Gasteiger charge is -2.48. The first-order valence-electron chi connectivity index (χ1n) is 11.0. The predicted octanol–water partition coefficient (Wildman–Crippen LogP) is 1.45. The number of nitrogens with one attached hydrogen (secondary N) is 1. The zero-order chi connectivity index (χ0) is 26.4. The van der Waals surface area contributed by atoms with Crippen molar-refractivity contribution in [2.24, 2.45) is 11.1 Å². The summed E-state index contributed by atoms with van der Waals surface area (Å²) in [6.07, 6.45) is -0.683. The van der Waals surface area contributed by atoms with E-state index in [4.69, 9.17) is 20.0 Å². The van der Waals surface area contributed by atoms with Crippen molar-refractivity contribution in [3.05, 3.63) is 22.8 Å². The van der Waals surface area contributed by atoms with Crippen molar-refractivity contribution in [3.8, 4) is 0 Å². The zero-order valence-electron chi connectivity index (χ0n) is 20.1. The lowest BCUT2D eigenvalue weighted by Crippen LogP contribution is -2.70. The second-order valence-corrected chi connectivity index (χ2v) is 9.99. The molecule has 0 aromatic carbocycles. The highest BCUT2D eigenvalue weighted by atomic mass is 32.2. The fraction of sp³-hybridized carbons (Fsp3) is 0.524. The molecule has 2 aliphatic rings. The second-order valence-electron chi connectivity index (χ2n) is 7.95. The molecule has 3 atom stereocenters. The number of hydrogen-bond acceptors (Lipinski definition) is 13. The van der Waals surface area contributed by atoms with Gasteiger partial charge in [0.25, 0.3) is 11.8 Å². The molecular weight excluding hydrogens is 514 g/mol. The summed E-state index contributed by atoms with van der Waals surface area (Å²) in [7, 11) is 0. The van der Waals surface area contributed by atoms with Gasteiger partial charge in [-0.15, -0.1) is 23.1 Å². The van der Waals surface area contributed by atoms with E-state index < -0.39 is 41.6 Å². The van der Waals surface area contributed by atoms with Crippen molar-refractivity contribution in [2.45, 2.75) is 45.4 Å². The van der Waals surface area contributed by atoms with Gasteiger partial charge in [0, 0.05) is 18.1 Å². The summed E-state index contributed by atoms with van der Waals surface area (Å²) < 4.78 is 14.6. The maximum Gasteiger partial charge on any atom is 0.511 e. The molecule has 0 saturated carbocycles. The highest BCUT2D eigenvalue weighted by Crippen LogP contribution is 2.38. The van der Waals surface area contributed by atoms with Gasteiger partial charge in [-0.25, -0.2) is 14.6 Å². The van der Waals surface area contributed by atoms with E-state index >= 15 is 0 Å². The number of amides is 2. The molecule has 36 heavy (non-hydrogen) atoms. The van der Waals surface area contributed by atoms with Crippen LogP contribution in [0.25, 0.3) is 0 Å². The first-order valence-corrected chi connectivity index (χ1v) is 13.0. The molecule has 0 spiro atoms. The van der Waals surface area contributed by atoms with E-state index in [-0.39, 0.29) is 41.4 Å². The fourth-order valence-electron chi connectivity index (χ4n) is 3.11. The molecule has 3 N–H and O–H groups in total. The summed E-state index contributed by atoms with van der Waals surface area (Å²) in [5.41, 5.74) is 5.79. The number of carbonyl (C=O) groups is 4. The topological polar surface area (TPSA) is 172 Å². The number of esters is 1. The molecule has 2 amide bonds. The maximum absolute atomic E-state index is 13.0. The van der Waals surface area contributed by atoms with Crippen LogP contribution in [0.1, 0.15) is 33.4 Å². The van der Waals surface area contributed by atoms with Gasteiger partial charge in [0.15, 0.2) is 10.8 Å². The third-order valence-corrected chi connectivity index (χ3v) is 6.54. The Bertz CT molecular complexity index is 1070. The average Bonchev–Trinajstić information content (AvgIpc) is 3.24. The number of carbonyl (C=O) groups excluding carboxylic acids is 4. The molecule has 3 heterocycles. The minimum absolute atomic E-state index is 0.00464. The highest BCUT2D eigenvalue weighted by Gasteiger charge is 2.53. The molecule has 13 nitrogen and oxygen atoms in total. The molecule has 1 aromatic rings. The standard InChI is InChI=1S/C21H27N5O8S2/c1-5-31-21(30)34-11(4)33-19(29)13-6-7-35-18-15(17(28)26(13)18)24-16(27)14(25-32-8-10(2)3)12-9-36-20(22)23-12/h6,9-11,15,18H,5,7-8H2,1-4H3,(H2,22,23)(H,24,27)/b25-14-/t11?,15?,18-/m1/s1. The number of anilines is 1. The summed E-state index contributed by atoms with van der Waals surface area (Å²) >= 11 is 2.49. The molecule has 3 rings (SSSR count). The molecule has 196 valence electrons. The summed E-state index contributed by atoms with van der Waals surface area (Å²) in [6.45, 7) is 7.19. The first kappa shape index (κ1) is 27.3. The van der Waals surface area contributed by atoms with Gasteiger partial charge in [0.1, 0.15) is 29.4 Å². The SMILES string of the molecule is CCOC(=O)OC(C)OC(=O)C1=CCS[C@@H]2C(NC(=O)/C(=N\OCC(C)C)c3csc(N)n3)C(=O)N12. The van der Waals surface area contributed by atoms with Crippen LogP contribution in [0.5, 0.6) is 0 Å². The van der Waals surface area contributed by atoms with Gasteiger partial charge in [-0.05, 0) is 18.9 Å². The minimum atomic E-state index is -1.23. The highest BCUT2D eigenvalue weighted by molar-refractivity contribution is 8.00. The number of fused-ring (bicyclic) bond motifs is 1. The predicted molar refractivity (Wildman–Crippen MR) is 131 cm³/mol. The number of thioether (sulfide) groups is 1. The van der Waals surface area contributed by atoms with Crippen LogP contribution in [-0.2, 0) is 33.4 Å². The summed E-state index contributed by atoms with van der Waals surface area (Å²) in [5, 5.41) is 7.84. The van der Waals surface area contributed by atoms with Gasteiger partial charge in [0.05, 0.1) is 6.61 Å². The number of nitrogen functional groups attached to an aromatic ring is 1. The van der Waals surface area contributed by atoms with Gasteiger partial charge in [-0.1, -0.05) is 19.0 Å². The van der Waals surface area contributed by atoms with Crippen LogP contribution in [0.15, 0.2) is 22.3 Å². The quantitative estimate of drug-likeness (QED) is 0.144. The van der Waals surface area contributed by atoms with Crippen LogP contribution >= 0.6 is 23.1 Å². The largest absolute Gasteiger partial charge is 0.511 e. The monoisotopic (exact) mass is 541 g/mol. The molecule has 15 heteroatoms. The van der Waals surface area contributed by atoms with Crippen molar-refractivity contribution in [1.82, 2.24) is 15.2 Å².